The van der Waals surface area contributed by atoms with Gasteiger partial charge < -0.3 is 9.84 Å². The smallest absolute Gasteiger partial charge is 0.0917 e. The number of rotatable bonds is 7. The zero-order valence-corrected chi connectivity index (χ0v) is 14.2. The third-order valence-corrected chi connectivity index (χ3v) is 4.57. The number of β-amino-alcohol motifs (C(OH)–C–C–N with tert-alkyl or cyclic N) is 1. The van der Waals surface area contributed by atoms with E-state index in [0.29, 0.717) is 0 Å². The maximum atomic E-state index is 10.5. The molecule has 22 heavy (non-hydrogen) atoms. The average Bonchev–Trinajstić information content (AvgIpc) is 2.52. The van der Waals surface area contributed by atoms with Gasteiger partial charge in [0.05, 0.1) is 12.7 Å². The van der Waals surface area contributed by atoms with Gasteiger partial charge >= 0.3 is 0 Å². The SMILES string of the molecule is CCOCCN1CCN(C[C@H](O)c2ccc(C)c(C)c2)CC1. The Morgan fingerprint density at radius 3 is 2.41 bits per heavy atom. The monoisotopic (exact) mass is 306 g/mol. The van der Waals surface area contributed by atoms with Crippen molar-refractivity contribution in [2.45, 2.75) is 26.9 Å². The summed E-state index contributed by atoms with van der Waals surface area (Å²) in [6.45, 7) is 13.8. The molecule has 1 saturated heterocycles. The Morgan fingerprint density at radius 1 is 1.09 bits per heavy atom. The van der Waals surface area contributed by atoms with Crippen LogP contribution in [0.1, 0.15) is 29.7 Å². The largest absolute Gasteiger partial charge is 0.387 e. The number of aliphatic hydroxyl groups is 1. The van der Waals surface area contributed by atoms with E-state index in [1.807, 2.05) is 13.0 Å². The minimum Gasteiger partial charge on any atom is -0.387 e. The highest BCUT2D eigenvalue weighted by molar-refractivity contribution is 5.31. The van der Waals surface area contributed by atoms with Crippen molar-refractivity contribution in [2.75, 3.05) is 52.5 Å². The summed E-state index contributed by atoms with van der Waals surface area (Å²) >= 11 is 0. The van der Waals surface area contributed by atoms with Gasteiger partial charge in [0.15, 0.2) is 0 Å². The van der Waals surface area contributed by atoms with Crippen molar-refractivity contribution in [2.24, 2.45) is 0 Å². The molecule has 1 aromatic rings. The number of piperazine rings is 1. The van der Waals surface area contributed by atoms with Crippen LogP contribution in [0.2, 0.25) is 0 Å². The first-order valence-corrected chi connectivity index (χ1v) is 8.37. The molecule has 1 fully saturated rings. The summed E-state index contributed by atoms with van der Waals surface area (Å²) in [5.41, 5.74) is 3.55. The average molecular weight is 306 g/mol. The van der Waals surface area contributed by atoms with E-state index in [9.17, 15) is 5.11 Å². The Hall–Kier alpha value is -0.940. The molecule has 4 heteroatoms. The van der Waals surface area contributed by atoms with E-state index in [-0.39, 0.29) is 0 Å². The van der Waals surface area contributed by atoms with E-state index in [2.05, 4.69) is 35.8 Å². The van der Waals surface area contributed by atoms with Gasteiger partial charge in [-0.05, 0) is 37.5 Å². The standard InChI is InChI=1S/C18H30N2O2/c1-4-22-12-11-19-7-9-20(10-8-19)14-18(21)17-6-5-15(2)16(3)13-17/h5-6,13,18,21H,4,7-12,14H2,1-3H3/t18-/m0/s1. The molecule has 1 heterocycles. The normalized spacial score (nSPS) is 18.5. The molecule has 0 radical (unpaired) electrons. The van der Waals surface area contributed by atoms with Crippen LogP contribution in [0.5, 0.6) is 0 Å². The van der Waals surface area contributed by atoms with Crippen LogP contribution in [0.25, 0.3) is 0 Å². The first-order chi connectivity index (χ1) is 10.6. The van der Waals surface area contributed by atoms with Crippen LogP contribution in [0.4, 0.5) is 0 Å². The van der Waals surface area contributed by atoms with Gasteiger partial charge in [-0.1, -0.05) is 18.2 Å². The van der Waals surface area contributed by atoms with Gasteiger partial charge in [0, 0.05) is 45.9 Å². The first kappa shape index (κ1) is 17.4. The van der Waals surface area contributed by atoms with Gasteiger partial charge in [0.2, 0.25) is 0 Å². The molecule has 0 aromatic heterocycles. The van der Waals surface area contributed by atoms with Gasteiger partial charge in [-0.2, -0.15) is 0 Å². The van der Waals surface area contributed by atoms with E-state index < -0.39 is 6.10 Å². The maximum absolute atomic E-state index is 10.5. The van der Waals surface area contributed by atoms with Crippen molar-refractivity contribution in [3.05, 3.63) is 34.9 Å². The van der Waals surface area contributed by atoms with Crippen LogP contribution in [0.15, 0.2) is 18.2 Å². The van der Waals surface area contributed by atoms with E-state index in [0.717, 1.165) is 58.0 Å². The Bertz CT molecular complexity index is 456. The molecule has 0 aliphatic carbocycles. The van der Waals surface area contributed by atoms with E-state index in [1.54, 1.807) is 0 Å². The topological polar surface area (TPSA) is 35.9 Å². The molecule has 1 aliphatic heterocycles. The summed E-state index contributed by atoms with van der Waals surface area (Å²) in [5.74, 6) is 0. The Kier molecular flexibility index (Phi) is 6.83. The van der Waals surface area contributed by atoms with Gasteiger partial charge in [0.1, 0.15) is 0 Å². The van der Waals surface area contributed by atoms with Crippen LogP contribution in [0.3, 0.4) is 0 Å². The number of benzene rings is 1. The molecule has 1 aliphatic rings. The van der Waals surface area contributed by atoms with Crippen molar-refractivity contribution >= 4 is 0 Å². The molecule has 0 saturated carbocycles. The lowest BCUT2D eigenvalue weighted by Crippen LogP contribution is -2.48. The summed E-state index contributed by atoms with van der Waals surface area (Å²) in [6, 6.07) is 6.25. The van der Waals surface area contributed by atoms with Crippen LogP contribution in [0, 0.1) is 13.8 Å². The minimum absolute atomic E-state index is 0.394. The second-order valence-corrected chi connectivity index (χ2v) is 6.20. The third-order valence-electron chi connectivity index (χ3n) is 4.57. The zero-order chi connectivity index (χ0) is 15.9. The maximum Gasteiger partial charge on any atom is 0.0917 e. The fraction of sp³-hybridized carbons (Fsp3) is 0.667. The minimum atomic E-state index is -0.394. The predicted octanol–water partition coefficient (Wildman–Crippen LogP) is 1.99. The van der Waals surface area contributed by atoms with Crippen molar-refractivity contribution in [3.63, 3.8) is 0 Å². The molecule has 1 N–H and O–H groups in total. The van der Waals surface area contributed by atoms with Crippen molar-refractivity contribution < 1.29 is 9.84 Å². The fourth-order valence-corrected chi connectivity index (χ4v) is 2.86. The van der Waals surface area contributed by atoms with Gasteiger partial charge in [-0.25, -0.2) is 0 Å². The number of aryl methyl sites for hydroxylation is 2. The van der Waals surface area contributed by atoms with E-state index in [4.69, 9.17) is 4.74 Å². The predicted molar refractivity (Wildman–Crippen MR) is 90.2 cm³/mol. The van der Waals surface area contributed by atoms with Crippen LogP contribution >= 0.6 is 0 Å². The molecule has 2 rings (SSSR count). The van der Waals surface area contributed by atoms with E-state index in [1.165, 1.54) is 11.1 Å². The summed E-state index contributed by atoms with van der Waals surface area (Å²) in [7, 11) is 0. The Labute approximate surface area is 134 Å². The van der Waals surface area contributed by atoms with Crippen LogP contribution in [-0.4, -0.2) is 67.4 Å². The van der Waals surface area contributed by atoms with Crippen molar-refractivity contribution in [1.82, 2.24) is 9.80 Å². The Morgan fingerprint density at radius 2 is 1.77 bits per heavy atom. The second kappa shape index (κ2) is 8.63. The van der Waals surface area contributed by atoms with Gasteiger partial charge in [-0.3, -0.25) is 9.80 Å². The zero-order valence-electron chi connectivity index (χ0n) is 14.2. The number of hydrogen-bond acceptors (Lipinski definition) is 4. The lowest BCUT2D eigenvalue weighted by atomic mass is 10.0. The molecule has 124 valence electrons. The summed E-state index contributed by atoms with van der Waals surface area (Å²) < 4.78 is 5.41. The number of ether oxygens (including phenoxy) is 1. The number of hydrogen-bond donors (Lipinski definition) is 1. The third kappa shape index (κ3) is 5.06. The molecule has 0 bridgehead atoms. The quantitative estimate of drug-likeness (QED) is 0.782. The first-order valence-electron chi connectivity index (χ1n) is 8.37. The van der Waals surface area contributed by atoms with E-state index >= 15 is 0 Å². The van der Waals surface area contributed by atoms with Gasteiger partial charge in [-0.15, -0.1) is 0 Å². The molecule has 1 aromatic carbocycles. The fourth-order valence-electron chi connectivity index (χ4n) is 2.86. The van der Waals surface area contributed by atoms with Crippen LogP contribution in [-0.2, 0) is 4.74 Å². The number of aliphatic hydroxyl groups excluding tert-OH is 1. The van der Waals surface area contributed by atoms with Crippen molar-refractivity contribution in [3.8, 4) is 0 Å². The lowest BCUT2D eigenvalue weighted by Gasteiger charge is -2.35. The summed E-state index contributed by atoms with van der Waals surface area (Å²) in [6.07, 6.45) is -0.394. The van der Waals surface area contributed by atoms with Gasteiger partial charge in [0.25, 0.3) is 0 Å². The van der Waals surface area contributed by atoms with Crippen molar-refractivity contribution in [1.29, 1.82) is 0 Å². The molecular weight excluding hydrogens is 276 g/mol. The summed E-state index contributed by atoms with van der Waals surface area (Å²) in [4.78, 5) is 4.80. The highest BCUT2D eigenvalue weighted by Gasteiger charge is 2.19. The molecule has 0 unspecified atom stereocenters. The second-order valence-electron chi connectivity index (χ2n) is 6.20. The molecule has 1 atom stereocenters. The highest BCUT2D eigenvalue weighted by Crippen LogP contribution is 2.18. The number of nitrogens with zero attached hydrogens (tertiary/aromatic N) is 2. The molecular formula is C18H30N2O2. The summed E-state index contributed by atoms with van der Waals surface area (Å²) in [5, 5.41) is 10.5. The molecule has 4 nitrogen and oxygen atoms in total. The lowest BCUT2D eigenvalue weighted by molar-refractivity contribution is 0.0550. The van der Waals surface area contributed by atoms with Crippen LogP contribution < -0.4 is 0 Å². The Balaban J connectivity index is 1.76. The molecule has 0 spiro atoms. The highest BCUT2D eigenvalue weighted by atomic mass is 16.5. The molecule has 0 amide bonds.